The van der Waals surface area contributed by atoms with Crippen molar-refractivity contribution < 1.29 is 0 Å². The molecule has 0 spiro atoms. The maximum absolute atomic E-state index is 12.3. The van der Waals surface area contributed by atoms with Gasteiger partial charge >= 0.3 is 5.69 Å². The molecule has 0 amide bonds. The number of rotatable bonds is 3. The van der Waals surface area contributed by atoms with Crippen LogP contribution in [-0.2, 0) is 6.54 Å². The molecule has 8 heteroatoms. The van der Waals surface area contributed by atoms with E-state index >= 15 is 0 Å². The summed E-state index contributed by atoms with van der Waals surface area (Å²) in [5, 5.41) is 6.50. The number of aromatic nitrogens is 6. The molecule has 0 atom stereocenters. The number of H-pyrrole nitrogens is 3. The third-order valence-electron chi connectivity index (χ3n) is 2.95. The smallest absolute Gasteiger partial charge is 0.330 e. The molecule has 3 aromatic rings. The minimum atomic E-state index is -0.443. The minimum Gasteiger partial charge on any atom is -0.332 e. The van der Waals surface area contributed by atoms with Gasteiger partial charge in [-0.25, -0.2) is 9.78 Å². The summed E-state index contributed by atoms with van der Waals surface area (Å²) >= 11 is 0. The SMILES string of the molecule is CC(C)Cn1c(=O)[nH]c2nc(-c3cn[nH]c3)[nH]c2c1=O. The Morgan fingerprint density at radius 2 is 2.10 bits per heavy atom. The van der Waals surface area contributed by atoms with Gasteiger partial charge in [0.15, 0.2) is 5.65 Å². The first kappa shape index (κ1) is 12.4. The zero-order valence-corrected chi connectivity index (χ0v) is 11.1. The predicted molar refractivity (Wildman–Crippen MR) is 73.4 cm³/mol. The minimum absolute atomic E-state index is 0.197. The lowest BCUT2D eigenvalue weighted by molar-refractivity contribution is 0.495. The van der Waals surface area contributed by atoms with E-state index in [2.05, 4.69) is 25.1 Å². The van der Waals surface area contributed by atoms with Gasteiger partial charge in [0.25, 0.3) is 5.56 Å². The molecule has 0 radical (unpaired) electrons. The van der Waals surface area contributed by atoms with Gasteiger partial charge in [-0.15, -0.1) is 0 Å². The number of hydrogen-bond donors (Lipinski definition) is 3. The summed E-state index contributed by atoms with van der Waals surface area (Å²) in [6, 6.07) is 0. The van der Waals surface area contributed by atoms with Crippen LogP contribution in [0.5, 0.6) is 0 Å². The lowest BCUT2D eigenvalue weighted by Crippen LogP contribution is -2.36. The third-order valence-corrected chi connectivity index (χ3v) is 2.95. The van der Waals surface area contributed by atoms with E-state index in [0.717, 1.165) is 5.56 Å². The molecule has 0 saturated heterocycles. The summed E-state index contributed by atoms with van der Waals surface area (Å²) in [4.78, 5) is 34.0. The maximum atomic E-state index is 12.3. The van der Waals surface area contributed by atoms with Crippen LogP contribution in [0, 0.1) is 5.92 Å². The first-order chi connectivity index (χ1) is 9.56. The summed E-state index contributed by atoms with van der Waals surface area (Å²) in [7, 11) is 0. The molecule has 3 N–H and O–H groups in total. The standard InChI is InChI=1S/C12H14N6O2/c1-6(2)5-18-11(19)8-10(17-12(18)20)16-9(15-8)7-3-13-14-4-7/h3-4,6H,5H2,1-2H3,(H,13,14)(H,15,16)(H,17,20). The summed E-state index contributed by atoms with van der Waals surface area (Å²) in [5.41, 5.74) is 0.468. The second kappa shape index (κ2) is 4.48. The summed E-state index contributed by atoms with van der Waals surface area (Å²) in [6.07, 6.45) is 3.24. The summed E-state index contributed by atoms with van der Waals surface area (Å²) in [5.74, 6) is 0.686. The molecule has 3 heterocycles. The van der Waals surface area contributed by atoms with Crippen LogP contribution in [0.2, 0.25) is 0 Å². The van der Waals surface area contributed by atoms with Gasteiger partial charge < -0.3 is 4.98 Å². The highest BCUT2D eigenvalue weighted by Gasteiger charge is 2.14. The van der Waals surface area contributed by atoms with E-state index in [9.17, 15) is 9.59 Å². The molecule has 3 rings (SSSR count). The normalized spacial score (nSPS) is 11.6. The van der Waals surface area contributed by atoms with Crippen LogP contribution >= 0.6 is 0 Å². The fraction of sp³-hybridized carbons (Fsp3) is 0.333. The molecule has 3 aromatic heterocycles. The van der Waals surface area contributed by atoms with Crippen LogP contribution in [-0.4, -0.2) is 29.7 Å². The lowest BCUT2D eigenvalue weighted by atomic mass is 10.2. The predicted octanol–water partition coefficient (Wildman–Crippen LogP) is 0.459. The second-order valence-corrected chi connectivity index (χ2v) is 5.04. The van der Waals surface area contributed by atoms with Crippen LogP contribution in [0.1, 0.15) is 13.8 Å². The first-order valence-corrected chi connectivity index (χ1v) is 6.28. The number of fused-ring (bicyclic) bond motifs is 1. The average Bonchev–Trinajstić information content (AvgIpc) is 3.01. The summed E-state index contributed by atoms with van der Waals surface area (Å²) in [6.45, 7) is 4.25. The number of imidazole rings is 1. The molecule has 0 aliphatic carbocycles. The van der Waals surface area contributed by atoms with E-state index in [4.69, 9.17) is 0 Å². The Bertz CT molecular complexity index is 852. The van der Waals surface area contributed by atoms with Gasteiger partial charge in [-0.2, -0.15) is 5.10 Å². The molecular formula is C12H14N6O2. The van der Waals surface area contributed by atoms with Crippen LogP contribution in [0.3, 0.4) is 0 Å². The van der Waals surface area contributed by atoms with Crippen molar-refractivity contribution in [3.63, 3.8) is 0 Å². The molecule has 20 heavy (non-hydrogen) atoms. The van der Waals surface area contributed by atoms with E-state index in [0.29, 0.717) is 17.9 Å². The largest absolute Gasteiger partial charge is 0.332 e. The van der Waals surface area contributed by atoms with Gasteiger partial charge in [-0.05, 0) is 5.92 Å². The van der Waals surface area contributed by atoms with Crippen LogP contribution in [0.25, 0.3) is 22.6 Å². The van der Waals surface area contributed by atoms with Gasteiger partial charge in [0.2, 0.25) is 0 Å². The molecule has 0 fully saturated rings. The zero-order chi connectivity index (χ0) is 14.3. The van der Waals surface area contributed by atoms with E-state index in [1.807, 2.05) is 13.8 Å². The third kappa shape index (κ3) is 1.94. The molecule has 0 saturated carbocycles. The Labute approximate surface area is 112 Å². The molecule has 0 aromatic carbocycles. The van der Waals surface area contributed by atoms with Crippen LogP contribution in [0.15, 0.2) is 22.0 Å². The van der Waals surface area contributed by atoms with Gasteiger partial charge in [0.1, 0.15) is 11.3 Å². The van der Waals surface area contributed by atoms with Gasteiger partial charge in [0.05, 0.1) is 11.8 Å². The highest BCUT2D eigenvalue weighted by atomic mass is 16.2. The fourth-order valence-electron chi connectivity index (χ4n) is 2.06. The number of nitrogens with one attached hydrogen (secondary N) is 3. The van der Waals surface area contributed by atoms with Gasteiger partial charge in [0, 0.05) is 12.7 Å². The number of aromatic amines is 3. The highest BCUT2D eigenvalue weighted by Crippen LogP contribution is 2.15. The van der Waals surface area contributed by atoms with Crippen molar-refractivity contribution in [2.75, 3.05) is 0 Å². The molecule has 0 bridgehead atoms. The Kier molecular flexibility index (Phi) is 2.78. The van der Waals surface area contributed by atoms with Crippen molar-refractivity contribution in [3.05, 3.63) is 33.2 Å². The molecule has 0 unspecified atom stereocenters. The van der Waals surface area contributed by atoms with Gasteiger partial charge in [-0.3, -0.25) is 19.4 Å². The first-order valence-electron chi connectivity index (χ1n) is 6.28. The molecule has 104 valence electrons. The Hall–Kier alpha value is -2.64. The van der Waals surface area contributed by atoms with Gasteiger partial charge in [-0.1, -0.05) is 13.8 Å². The monoisotopic (exact) mass is 274 g/mol. The van der Waals surface area contributed by atoms with E-state index < -0.39 is 5.69 Å². The number of hydrogen-bond acceptors (Lipinski definition) is 4. The van der Waals surface area contributed by atoms with Crippen molar-refractivity contribution in [3.8, 4) is 11.4 Å². The highest BCUT2D eigenvalue weighted by molar-refractivity contribution is 5.74. The average molecular weight is 274 g/mol. The number of nitrogens with zero attached hydrogens (tertiary/aromatic N) is 3. The van der Waals surface area contributed by atoms with Crippen molar-refractivity contribution >= 4 is 11.2 Å². The zero-order valence-electron chi connectivity index (χ0n) is 11.1. The molecule has 0 aliphatic heterocycles. The van der Waals surface area contributed by atoms with Crippen molar-refractivity contribution in [1.29, 1.82) is 0 Å². The topological polar surface area (TPSA) is 112 Å². The molecule has 0 aliphatic rings. The molecular weight excluding hydrogens is 260 g/mol. The van der Waals surface area contributed by atoms with E-state index in [1.54, 1.807) is 12.4 Å². The van der Waals surface area contributed by atoms with Crippen molar-refractivity contribution in [2.24, 2.45) is 5.92 Å². The van der Waals surface area contributed by atoms with Crippen molar-refractivity contribution in [1.82, 2.24) is 29.7 Å². The Morgan fingerprint density at radius 1 is 1.30 bits per heavy atom. The van der Waals surface area contributed by atoms with Crippen LogP contribution < -0.4 is 11.2 Å². The second-order valence-electron chi connectivity index (χ2n) is 5.04. The quantitative estimate of drug-likeness (QED) is 0.644. The summed E-state index contributed by atoms with van der Waals surface area (Å²) < 4.78 is 1.18. The molecule has 8 nitrogen and oxygen atoms in total. The van der Waals surface area contributed by atoms with E-state index in [1.165, 1.54) is 4.57 Å². The Morgan fingerprint density at radius 3 is 2.75 bits per heavy atom. The lowest BCUT2D eigenvalue weighted by Gasteiger charge is -2.06. The fourth-order valence-corrected chi connectivity index (χ4v) is 2.06. The maximum Gasteiger partial charge on any atom is 0.330 e. The Balaban J connectivity index is 2.23. The van der Waals surface area contributed by atoms with E-state index in [-0.39, 0.29) is 17.1 Å². The van der Waals surface area contributed by atoms with Crippen molar-refractivity contribution in [2.45, 2.75) is 20.4 Å². The van der Waals surface area contributed by atoms with Crippen LogP contribution in [0.4, 0.5) is 0 Å².